The van der Waals surface area contributed by atoms with Gasteiger partial charge in [-0.3, -0.25) is 4.79 Å². The zero-order valence-electron chi connectivity index (χ0n) is 7.76. The molecule has 1 aliphatic heterocycles. The quantitative estimate of drug-likeness (QED) is 0.797. The first-order valence-electron chi connectivity index (χ1n) is 4.51. The van der Waals surface area contributed by atoms with Crippen LogP contribution in [0.1, 0.15) is 11.1 Å². The van der Waals surface area contributed by atoms with Crippen LogP contribution in [0.15, 0.2) is 12.1 Å². The van der Waals surface area contributed by atoms with Crippen molar-refractivity contribution in [2.75, 3.05) is 0 Å². The van der Waals surface area contributed by atoms with Crippen LogP contribution in [0, 0.1) is 0 Å². The van der Waals surface area contributed by atoms with Crippen molar-refractivity contribution in [3.63, 3.8) is 0 Å². The van der Waals surface area contributed by atoms with E-state index in [9.17, 15) is 4.79 Å². The van der Waals surface area contributed by atoms with Gasteiger partial charge in [-0.05, 0) is 29.7 Å². The van der Waals surface area contributed by atoms with E-state index in [1.807, 2.05) is 0 Å². The van der Waals surface area contributed by atoms with E-state index in [1.165, 1.54) is 0 Å². The number of hydrogen-bond donors (Lipinski definition) is 2. The molecule has 0 spiro atoms. The summed E-state index contributed by atoms with van der Waals surface area (Å²) in [6, 6.07) is 3.00. The summed E-state index contributed by atoms with van der Waals surface area (Å²) in [5.74, 6) is -0.841. The van der Waals surface area contributed by atoms with Gasteiger partial charge in [-0.2, -0.15) is 0 Å². The van der Waals surface area contributed by atoms with Gasteiger partial charge in [0.1, 0.15) is 6.04 Å². The van der Waals surface area contributed by atoms with Crippen LogP contribution in [0.2, 0.25) is 10.0 Å². The molecular weight excluding hydrogens is 237 g/mol. The lowest BCUT2D eigenvalue weighted by Crippen LogP contribution is -2.41. The van der Waals surface area contributed by atoms with Crippen LogP contribution in [0.4, 0.5) is 0 Å². The van der Waals surface area contributed by atoms with Crippen LogP contribution in [0.3, 0.4) is 0 Å². The van der Waals surface area contributed by atoms with Crippen molar-refractivity contribution in [2.24, 2.45) is 0 Å². The highest BCUT2D eigenvalue weighted by molar-refractivity contribution is 6.42. The Balaban J connectivity index is 2.34. The number of nitrogens with one attached hydrogen (secondary N) is 1. The Hall–Kier alpha value is -0.770. The molecule has 0 saturated carbocycles. The van der Waals surface area contributed by atoms with Gasteiger partial charge in [0, 0.05) is 6.54 Å². The van der Waals surface area contributed by atoms with E-state index in [-0.39, 0.29) is 0 Å². The SMILES string of the molecule is O=C(O)C1Cc2cc(Cl)c(Cl)cc2CN1. The zero-order chi connectivity index (χ0) is 11.0. The van der Waals surface area contributed by atoms with Crippen LogP contribution in [-0.2, 0) is 17.8 Å². The van der Waals surface area contributed by atoms with Gasteiger partial charge < -0.3 is 10.4 Å². The van der Waals surface area contributed by atoms with Crippen molar-refractivity contribution in [3.05, 3.63) is 33.3 Å². The van der Waals surface area contributed by atoms with Crippen LogP contribution in [0.5, 0.6) is 0 Å². The molecule has 80 valence electrons. The average molecular weight is 246 g/mol. The van der Waals surface area contributed by atoms with Gasteiger partial charge in [-0.25, -0.2) is 0 Å². The molecule has 0 aromatic heterocycles. The predicted octanol–water partition coefficient (Wildman–Crippen LogP) is 2.09. The first-order valence-corrected chi connectivity index (χ1v) is 5.26. The molecule has 0 fully saturated rings. The van der Waals surface area contributed by atoms with E-state index in [4.69, 9.17) is 28.3 Å². The van der Waals surface area contributed by atoms with Crippen molar-refractivity contribution in [3.8, 4) is 0 Å². The number of carboxylic acids is 1. The van der Waals surface area contributed by atoms with Gasteiger partial charge in [-0.1, -0.05) is 23.2 Å². The summed E-state index contributed by atoms with van der Waals surface area (Å²) in [4.78, 5) is 10.8. The third kappa shape index (κ3) is 2.09. The smallest absolute Gasteiger partial charge is 0.321 e. The number of hydrogen-bond acceptors (Lipinski definition) is 2. The van der Waals surface area contributed by atoms with E-state index >= 15 is 0 Å². The molecule has 0 radical (unpaired) electrons. The summed E-state index contributed by atoms with van der Waals surface area (Å²) in [7, 11) is 0. The molecule has 0 aliphatic carbocycles. The summed E-state index contributed by atoms with van der Waals surface area (Å²) in [5, 5.41) is 12.8. The molecule has 2 rings (SSSR count). The lowest BCUT2D eigenvalue weighted by atomic mass is 9.96. The first kappa shape index (κ1) is 10.7. The molecular formula is C10H9Cl2NO2. The Morgan fingerprint density at radius 1 is 1.33 bits per heavy atom. The second-order valence-electron chi connectivity index (χ2n) is 3.51. The fourth-order valence-corrected chi connectivity index (χ4v) is 2.06. The van der Waals surface area contributed by atoms with Crippen molar-refractivity contribution < 1.29 is 9.90 Å². The van der Waals surface area contributed by atoms with E-state index in [2.05, 4.69) is 5.32 Å². The van der Waals surface area contributed by atoms with Crippen molar-refractivity contribution >= 4 is 29.2 Å². The monoisotopic (exact) mass is 245 g/mol. The highest BCUT2D eigenvalue weighted by Gasteiger charge is 2.24. The number of halogens is 2. The molecule has 5 heteroatoms. The van der Waals surface area contributed by atoms with Gasteiger partial charge in [0.25, 0.3) is 0 Å². The Morgan fingerprint density at radius 2 is 1.93 bits per heavy atom. The third-order valence-corrected chi connectivity index (χ3v) is 3.23. The highest BCUT2D eigenvalue weighted by Crippen LogP contribution is 2.28. The van der Waals surface area contributed by atoms with Crippen LogP contribution in [-0.4, -0.2) is 17.1 Å². The molecule has 1 aliphatic rings. The molecule has 1 aromatic carbocycles. The molecule has 1 unspecified atom stereocenters. The van der Waals surface area contributed by atoms with Gasteiger partial charge in [-0.15, -0.1) is 0 Å². The minimum absolute atomic E-state index is 0.446. The van der Waals surface area contributed by atoms with Crippen molar-refractivity contribution in [1.82, 2.24) is 5.32 Å². The molecule has 2 N–H and O–H groups in total. The fourth-order valence-electron chi connectivity index (χ4n) is 1.68. The lowest BCUT2D eigenvalue weighted by molar-refractivity contribution is -0.139. The zero-order valence-corrected chi connectivity index (χ0v) is 9.27. The fraction of sp³-hybridized carbons (Fsp3) is 0.300. The Kier molecular flexibility index (Phi) is 2.87. The molecule has 3 nitrogen and oxygen atoms in total. The normalized spacial score (nSPS) is 19.7. The van der Waals surface area contributed by atoms with E-state index in [0.29, 0.717) is 23.0 Å². The Labute approximate surface area is 97.0 Å². The van der Waals surface area contributed by atoms with Gasteiger partial charge in [0.05, 0.1) is 10.0 Å². The van der Waals surface area contributed by atoms with Gasteiger partial charge in [0.15, 0.2) is 0 Å². The summed E-state index contributed by atoms with van der Waals surface area (Å²) < 4.78 is 0. The van der Waals surface area contributed by atoms with Crippen LogP contribution >= 0.6 is 23.2 Å². The number of benzene rings is 1. The minimum atomic E-state index is -0.841. The number of carboxylic acid groups (broad SMARTS) is 1. The topological polar surface area (TPSA) is 49.3 Å². The predicted molar refractivity (Wildman–Crippen MR) is 58.4 cm³/mol. The van der Waals surface area contributed by atoms with Gasteiger partial charge in [0.2, 0.25) is 0 Å². The summed E-state index contributed by atoms with van der Waals surface area (Å²) >= 11 is 11.7. The lowest BCUT2D eigenvalue weighted by Gasteiger charge is -2.23. The Morgan fingerprint density at radius 3 is 2.53 bits per heavy atom. The number of aliphatic carboxylic acids is 1. The Bertz CT molecular complexity index is 420. The third-order valence-electron chi connectivity index (χ3n) is 2.50. The molecule has 15 heavy (non-hydrogen) atoms. The first-order chi connectivity index (χ1) is 7.08. The standard InChI is InChI=1S/C10H9Cl2NO2/c11-7-1-5-3-9(10(14)15)13-4-6(5)2-8(7)12/h1-2,9,13H,3-4H2,(H,14,15). The minimum Gasteiger partial charge on any atom is -0.480 e. The second kappa shape index (κ2) is 4.00. The summed E-state index contributed by atoms with van der Waals surface area (Å²) in [6.45, 7) is 0.517. The largest absolute Gasteiger partial charge is 0.480 e. The van der Waals surface area contributed by atoms with E-state index in [1.54, 1.807) is 12.1 Å². The average Bonchev–Trinajstić information content (AvgIpc) is 2.19. The maximum Gasteiger partial charge on any atom is 0.321 e. The second-order valence-corrected chi connectivity index (χ2v) is 4.33. The maximum atomic E-state index is 10.8. The van der Waals surface area contributed by atoms with Crippen LogP contribution < -0.4 is 5.32 Å². The molecule has 1 atom stereocenters. The highest BCUT2D eigenvalue weighted by atomic mass is 35.5. The molecule has 0 bridgehead atoms. The molecule has 1 heterocycles. The van der Waals surface area contributed by atoms with Crippen LogP contribution in [0.25, 0.3) is 0 Å². The van der Waals surface area contributed by atoms with Crippen molar-refractivity contribution in [1.29, 1.82) is 0 Å². The number of fused-ring (bicyclic) bond motifs is 1. The summed E-state index contributed by atoms with van der Waals surface area (Å²) in [6.07, 6.45) is 0.446. The summed E-state index contributed by atoms with van der Waals surface area (Å²) in [5.41, 5.74) is 1.97. The molecule has 0 amide bonds. The number of rotatable bonds is 1. The van der Waals surface area contributed by atoms with E-state index in [0.717, 1.165) is 11.1 Å². The van der Waals surface area contributed by atoms with E-state index < -0.39 is 12.0 Å². The molecule has 0 saturated heterocycles. The maximum absolute atomic E-state index is 10.8. The van der Waals surface area contributed by atoms with Crippen molar-refractivity contribution in [2.45, 2.75) is 19.0 Å². The molecule has 1 aromatic rings. The number of carbonyl (C=O) groups is 1. The van der Waals surface area contributed by atoms with Gasteiger partial charge >= 0.3 is 5.97 Å².